The molecule has 0 heteroatoms. The monoisotopic (exact) mass is 138 g/mol. The Balaban J connectivity index is 2.02. The lowest BCUT2D eigenvalue weighted by Crippen LogP contribution is -2.15. The van der Waals surface area contributed by atoms with Crippen molar-refractivity contribution in [2.24, 2.45) is 23.7 Å². The third-order valence-electron chi connectivity index (χ3n) is 3.65. The number of fused-ring (bicyclic) bond motifs is 2. The van der Waals surface area contributed by atoms with Crippen LogP contribution < -0.4 is 0 Å². The maximum Gasteiger partial charge on any atom is -0.0360 e. The predicted molar refractivity (Wildman–Crippen MR) is 43.8 cm³/mol. The fourth-order valence-electron chi connectivity index (χ4n) is 3.11. The number of hydrogen-bond donors (Lipinski definition) is 0. The molecule has 2 bridgehead atoms. The van der Waals surface area contributed by atoms with Crippen LogP contribution in [0.2, 0.25) is 0 Å². The Hall–Kier alpha value is 0. The molecule has 2 rings (SSSR count). The molecule has 0 aromatic heterocycles. The lowest BCUT2D eigenvalue weighted by atomic mass is 9.81. The Morgan fingerprint density at radius 3 is 2.20 bits per heavy atom. The van der Waals surface area contributed by atoms with E-state index in [1.807, 2.05) is 0 Å². The Labute approximate surface area is 64.0 Å². The molecule has 3 atom stereocenters. The third kappa shape index (κ3) is 0.889. The van der Waals surface area contributed by atoms with Crippen LogP contribution in [0.25, 0.3) is 0 Å². The normalized spacial score (nSPS) is 45.3. The van der Waals surface area contributed by atoms with Crippen molar-refractivity contribution in [3.05, 3.63) is 0 Å². The molecule has 2 aliphatic carbocycles. The van der Waals surface area contributed by atoms with Gasteiger partial charge in [-0.1, -0.05) is 20.3 Å². The molecule has 0 heterocycles. The lowest BCUT2D eigenvalue weighted by Gasteiger charge is -2.24. The average molecular weight is 138 g/mol. The first-order chi connectivity index (χ1) is 4.77. The summed E-state index contributed by atoms with van der Waals surface area (Å²) in [4.78, 5) is 0. The summed E-state index contributed by atoms with van der Waals surface area (Å²) in [6.07, 6.45) is 6.23. The van der Waals surface area contributed by atoms with Crippen LogP contribution in [0, 0.1) is 23.7 Å². The zero-order chi connectivity index (χ0) is 7.14. The van der Waals surface area contributed by atoms with Gasteiger partial charge in [0.05, 0.1) is 0 Å². The van der Waals surface area contributed by atoms with Gasteiger partial charge in [0.25, 0.3) is 0 Å². The third-order valence-corrected chi connectivity index (χ3v) is 3.65. The highest BCUT2D eigenvalue weighted by atomic mass is 14.5. The molecule has 0 aromatic carbocycles. The summed E-state index contributed by atoms with van der Waals surface area (Å²) in [6.45, 7) is 4.79. The molecule has 2 aliphatic rings. The molecule has 0 N–H and O–H groups in total. The molecule has 10 heavy (non-hydrogen) atoms. The minimum atomic E-state index is 0.954. The maximum absolute atomic E-state index is 2.39. The van der Waals surface area contributed by atoms with E-state index < -0.39 is 0 Å². The molecule has 58 valence electrons. The first-order valence-corrected chi connectivity index (χ1v) is 4.77. The van der Waals surface area contributed by atoms with Crippen molar-refractivity contribution < 1.29 is 0 Å². The first kappa shape index (κ1) is 6.69. The second-order valence-corrected chi connectivity index (χ2v) is 4.58. The van der Waals surface area contributed by atoms with Gasteiger partial charge in [0.2, 0.25) is 0 Å². The van der Waals surface area contributed by atoms with E-state index >= 15 is 0 Å². The van der Waals surface area contributed by atoms with E-state index in [-0.39, 0.29) is 0 Å². The summed E-state index contributed by atoms with van der Waals surface area (Å²) in [7, 11) is 0. The highest BCUT2D eigenvalue weighted by Gasteiger charge is 2.40. The van der Waals surface area contributed by atoms with Crippen molar-refractivity contribution in [2.45, 2.75) is 39.5 Å². The van der Waals surface area contributed by atoms with Gasteiger partial charge in [0, 0.05) is 0 Å². The van der Waals surface area contributed by atoms with Gasteiger partial charge in [-0.15, -0.1) is 0 Å². The molecule has 0 radical (unpaired) electrons. The van der Waals surface area contributed by atoms with Crippen LogP contribution in [0.3, 0.4) is 0 Å². The summed E-state index contributed by atoms with van der Waals surface area (Å²) < 4.78 is 0. The molecule has 0 spiro atoms. The van der Waals surface area contributed by atoms with Gasteiger partial charge in [0.1, 0.15) is 0 Å². The van der Waals surface area contributed by atoms with Gasteiger partial charge in [-0.05, 0) is 42.9 Å². The summed E-state index contributed by atoms with van der Waals surface area (Å²) in [5.74, 6) is 4.32. The SMILES string of the molecule is CC(C)C1C[C@H]2CCC1C2. The quantitative estimate of drug-likeness (QED) is 0.522. The van der Waals surface area contributed by atoms with E-state index in [0.29, 0.717) is 0 Å². The van der Waals surface area contributed by atoms with Gasteiger partial charge in [0.15, 0.2) is 0 Å². The topological polar surface area (TPSA) is 0 Å². The average Bonchev–Trinajstić information content (AvgIpc) is 2.44. The second-order valence-electron chi connectivity index (χ2n) is 4.58. The molecule has 2 fully saturated rings. The van der Waals surface area contributed by atoms with Crippen LogP contribution >= 0.6 is 0 Å². The van der Waals surface area contributed by atoms with E-state index in [0.717, 1.165) is 23.7 Å². The van der Waals surface area contributed by atoms with E-state index in [4.69, 9.17) is 0 Å². The zero-order valence-corrected chi connectivity index (χ0v) is 7.14. The van der Waals surface area contributed by atoms with Crippen molar-refractivity contribution in [3.8, 4) is 0 Å². The minimum absolute atomic E-state index is 0.954. The van der Waals surface area contributed by atoms with Crippen molar-refractivity contribution in [3.63, 3.8) is 0 Å². The molecule has 0 aromatic rings. The van der Waals surface area contributed by atoms with Crippen LogP contribution in [0.1, 0.15) is 39.5 Å². The largest absolute Gasteiger partial charge is 0.0625 e. The van der Waals surface area contributed by atoms with Crippen molar-refractivity contribution in [2.75, 3.05) is 0 Å². The fraction of sp³-hybridized carbons (Fsp3) is 1.00. The van der Waals surface area contributed by atoms with E-state index in [9.17, 15) is 0 Å². The molecule has 0 amide bonds. The molecular formula is C10H18. The van der Waals surface area contributed by atoms with Crippen molar-refractivity contribution in [1.82, 2.24) is 0 Å². The fourth-order valence-corrected chi connectivity index (χ4v) is 3.11. The minimum Gasteiger partial charge on any atom is -0.0625 e. The highest BCUT2D eigenvalue weighted by Crippen LogP contribution is 2.50. The first-order valence-electron chi connectivity index (χ1n) is 4.77. The molecule has 0 aliphatic heterocycles. The maximum atomic E-state index is 2.39. The molecule has 2 saturated carbocycles. The lowest BCUT2D eigenvalue weighted by molar-refractivity contribution is 0.256. The van der Waals surface area contributed by atoms with E-state index in [1.54, 1.807) is 25.7 Å². The Morgan fingerprint density at radius 2 is 1.90 bits per heavy atom. The Kier molecular flexibility index (Phi) is 1.51. The van der Waals surface area contributed by atoms with Crippen LogP contribution in [0.5, 0.6) is 0 Å². The van der Waals surface area contributed by atoms with Gasteiger partial charge < -0.3 is 0 Å². The predicted octanol–water partition coefficient (Wildman–Crippen LogP) is 3.08. The van der Waals surface area contributed by atoms with Gasteiger partial charge in [-0.2, -0.15) is 0 Å². The van der Waals surface area contributed by atoms with E-state index in [2.05, 4.69) is 13.8 Å². The smallest absolute Gasteiger partial charge is 0.0360 e. The second kappa shape index (κ2) is 2.25. The van der Waals surface area contributed by atoms with E-state index in [1.165, 1.54) is 0 Å². The summed E-state index contributed by atoms with van der Waals surface area (Å²) >= 11 is 0. The molecule has 0 saturated heterocycles. The molecule has 0 nitrogen and oxygen atoms in total. The summed E-state index contributed by atoms with van der Waals surface area (Å²) in [5.41, 5.74) is 0. The van der Waals surface area contributed by atoms with Gasteiger partial charge in [-0.25, -0.2) is 0 Å². The van der Waals surface area contributed by atoms with Crippen LogP contribution in [-0.4, -0.2) is 0 Å². The number of rotatable bonds is 1. The number of hydrogen-bond acceptors (Lipinski definition) is 0. The Morgan fingerprint density at radius 1 is 1.10 bits per heavy atom. The van der Waals surface area contributed by atoms with Gasteiger partial charge in [-0.3, -0.25) is 0 Å². The summed E-state index contributed by atoms with van der Waals surface area (Å²) in [6, 6.07) is 0. The molecular weight excluding hydrogens is 120 g/mol. The van der Waals surface area contributed by atoms with Crippen LogP contribution in [0.4, 0.5) is 0 Å². The van der Waals surface area contributed by atoms with Gasteiger partial charge >= 0.3 is 0 Å². The molecule has 2 unspecified atom stereocenters. The Bertz CT molecular complexity index is 126. The van der Waals surface area contributed by atoms with Crippen LogP contribution in [0.15, 0.2) is 0 Å². The highest BCUT2D eigenvalue weighted by molar-refractivity contribution is 4.90. The standard InChI is InChI=1S/C10H18/c1-7(2)10-6-8-3-4-9(10)5-8/h7-10H,3-6H2,1-2H3/t8-,9?,10?/m0/s1. The summed E-state index contributed by atoms with van der Waals surface area (Å²) in [5, 5.41) is 0. The van der Waals surface area contributed by atoms with Crippen LogP contribution in [-0.2, 0) is 0 Å². The van der Waals surface area contributed by atoms with Crippen molar-refractivity contribution in [1.29, 1.82) is 0 Å². The zero-order valence-electron chi connectivity index (χ0n) is 7.14. The van der Waals surface area contributed by atoms with Crippen molar-refractivity contribution >= 4 is 0 Å².